The molecule has 0 saturated heterocycles. The normalized spacial score (nSPS) is 14.4. The van der Waals surface area contributed by atoms with E-state index in [2.05, 4.69) is 69.5 Å². The van der Waals surface area contributed by atoms with Crippen LogP contribution >= 0.6 is 0 Å². The van der Waals surface area contributed by atoms with E-state index in [1.807, 2.05) is 0 Å². The van der Waals surface area contributed by atoms with Gasteiger partial charge in [-0.2, -0.15) is 0 Å². The molecule has 0 heterocycles. The maximum absolute atomic E-state index is 3.58. The third kappa shape index (κ3) is 3.06. The van der Waals surface area contributed by atoms with Gasteiger partial charge in [-0.05, 0) is 57.9 Å². The molecule has 18 heavy (non-hydrogen) atoms. The quantitative estimate of drug-likeness (QED) is 0.845. The molecule has 0 amide bonds. The lowest BCUT2D eigenvalue weighted by molar-refractivity contribution is 0.471. The molecule has 2 nitrogen and oxygen atoms in total. The van der Waals surface area contributed by atoms with Crippen molar-refractivity contribution in [2.24, 2.45) is 0 Å². The molecule has 1 aromatic carbocycles. The Morgan fingerprint density at radius 2 is 1.89 bits per heavy atom. The first-order valence-electron chi connectivity index (χ1n) is 6.72. The van der Waals surface area contributed by atoms with Crippen molar-refractivity contribution in [1.29, 1.82) is 0 Å². The molecule has 0 radical (unpaired) electrons. The molecule has 0 saturated carbocycles. The van der Waals surface area contributed by atoms with Gasteiger partial charge in [0, 0.05) is 29.4 Å². The number of hydrogen-bond acceptors (Lipinski definition) is 2. The van der Waals surface area contributed by atoms with E-state index in [-0.39, 0.29) is 5.54 Å². The highest BCUT2D eigenvalue weighted by Crippen LogP contribution is 2.31. The van der Waals surface area contributed by atoms with E-state index in [1.54, 1.807) is 0 Å². The second-order valence-corrected chi connectivity index (χ2v) is 6.39. The molecule has 1 aliphatic carbocycles. The van der Waals surface area contributed by atoms with Gasteiger partial charge in [-0.3, -0.25) is 0 Å². The third-order valence-corrected chi connectivity index (χ3v) is 2.89. The zero-order valence-electron chi connectivity index (χ0n) is 12.1. The standard InChI is InChI=1S/C16H24N2/c1-11(2)17-15-8-6-7-12-9-13(10-14(12)15)18-16(3,4)5/h6-9,11,17-18H,10H2,1-5H3. The molecule has 0 fully saturated rings. The molecule has 2 rings (SSSR count). The summed E-state index contributed by atoms with van der Waals surface area (Å²) in [6.07, 6.45) is 3.27. The molecule has 0 bridgehead atoms. The van der Waals surface area contributed by atoms with E-state index in [9.17, 15) is 0 Å². The third-order valence-electron chi connectivity index (χ3n) is 2.89. The van der Waals surface area contributed by atoms with E-state index in [0.717, 1.165) is 6.42 Å². The summed E-state index contributed by atoms with van der Waals surface area (Å²) in [6, 6.07) is 6.96. The number of benzene rings is 1. The molecule has 0 spiro atoms. The summed E-state index contributed by atoms with van der Waals surface area (Å²) in [5.74, 6) is 0. The Morgan fingerprint density at radius 1 is 1.17 bits per heavy atom. The van der Waals surface area contributed by atoms with Gasteiger partial charge in [-0.25, -0.2) is 0 Å². The van der Waals surface area contributed by atoms with E-state index in [0.29, 0.717) is 6.04 Å². The van der Waals surface area contributed by atoms with Gasteiger partial charge in [0.25, 0.3) is 0 Å². The van der Waals surface area contributed by atoms with Crippen molar-refractivity contribution in [1.82, 2.24) is 5.32 Å². The number of hydrogen-bond donors (Lipinski definition) is 2. The number of fused-ring (bicyclic) bond motifs is 1. The Morgan fingerprint density at radius 3 is 2.50 bits per heavy atom. The molecular weight excluding hydrogens is 220 g/mol. The largest absolute Gasteiger partial charge is 0.383 e. The van der Waals surface area contributed by atoms with Gasteiger partial charge >= 0.3 is 0 Å². The Balaban J connectivity index is 2.19. The molecule has 2 N–H and O–H groups in total. The molecule has 0 aliphatic heterocycles. The minimum absolute atomic E-state index is 0.125. The fraction of sp³-hybridized carbons (Fsp3) is 0.500. The SMILES string of the molecule is CC(C)Nc1cccc2c1CC(NC(C)(C)C)=C2. The first-order chi connectivity index (χ1) is 8.35. The van der Waals surface area contributed by atoms with Crippen LogP contribution in [-0.2, 0) is 6.42 Å². The van der Waals surface area contributed by atoms with Crippen LogP contribution in [0.5, 0.6) is 0 Å². The van der Waals surface area contributed by atoms with E-state index in [1.165, 1.54) is 22.5 Å². The number of nitrogens with one attached hydrogen (secondary N) is 2. The average molecular weight is 244 g/mol. The van der Waals surface area contributed by atoms with E-state index >= 15 is 0 Å². The van der Waals surface area contributed by atoms with Gasteiger partial charge in [0.15, 0.2) is 0 Å². The van der Waals surface area contributed by atoms with E-state index in [4.69, 9.17) is 0 Å². The summed E-state index contributed by atoms with van der Waals surface area (Å²) < 4.78 is 0. The topological polar surface area (TPSA) is 24.1 Å². The van der Waals surface area contributed by atoms with Crippen molar-refractivity contribution in [3.63, 3.8) is 0 Å². The average Bonchev–Trinajstić information content (AvgIpc) is 2.57. The summed E-state index contributed by atoms with van der Waals surface area (Å²) in [4.78, 5) is 0. The summed E-state index contributed by atoms with van der Waals surface area (Å²) in [6.45, 7) is 10.9. The summed E-state index contributed by atoms with van der Waals surface area (Å²) in [7, 11) is 0. The van der Waals surface area contributed by atoms with Crippen LogP contribution in [0.4, 0.5) is 5.69 Å². The lowest BCUT2D eigenvalue weighted by atomic mass is 10.1. The molecule has 0 unspecified atom stereocenters. The van der Waals surface area contributed by atoms with Crippen molar-refractivity contribution in [2.45, 2.75) is 52.6 Å². The van der Waals surface area contributed by atoms with Crippen molar-refractivity contribution in [3.8, 4) is 0 Å². The summed E-state index contributed by atoms with van der Waals surface area (Å²) >= 11 is 0. The van der Waals surface area contributed by atoms with Crippen molar-refractivity contribution in [3.05, 3.63) is 35.0 Å². The van der Waals surface area contributed by atoms with Crippen LogP contribution < -0.4 is 10.6 Å². The minimum Gasteiger partial charge on any atom is -0.383 e. The fourth-order valence-corrected chi connectivity index (χ4v) is 2.37. The predicted octanol–water partition coefficient (Wildman–Crippen LogP) is 3.79. The van der Waals surface area contributed by atoms with Crippen LogP contribution in [0.25, 0.3) is 6.08 Å². The van der Waals surface area contributed by atoms with Gasteiger partial charge < -0.3 is 10.6 Å². The molecule has 2 heteroatoms. The highest BCUT2D eigenvalue weighted by molar-refractivity contribution is 5.71. The van der Waals surface area contributed by atoms with E-state index < -0.39 is 0 Å². The van der Waals surface area contributed by atoms with Gasteiger partial charge in [0.2, 0.25) is 0 Å². The monoisotopic (exact) mass is 244 g/mol. The van der Waals surface area contributed by atoms with Crippen molar-refractivity contribution in [2.75, 3.05) is 5.32 Å². The molecule has 0 aromatic heterocycles. The second kappa shape index (κ2) is 4.68. The molecule has 98 valence electrons. The van der Waals surface area contributed by atoms with Gasteiger partial charge in [0.05, 0.1) is 0 Å². The number of allylic oxidation sites excluding steroid dienone is 1. The lowest BCUT2D eigenvalue weighted by Gasteiger charge is -2.23. The molecule has 0 atom stereocenters. The first kappa shape index (κ1) is 13.0. The van der Waals surface area contributed by atoms with Crippen molar-refractivity contribution >= 4 is 11.8 Å². The minimum atomic E-state index is 0.125. The number of anilines is 1. The Kier molecular flexibility index (Phi) is 3.38. The van der Waals surface area contributed by atoms with Gasteiger partial charge in [-0.15, -0.1) is 0 Å². The fourth-order valence-electron chi connectivity index (χ4n) is 2.37. The maximum atomic E-state index is 3.58. The predicted molar refractivity (Wildman–Crippen MR) is 79.8 cm³/mol. The maximum Gasteiger partial charge on any atom is 0.0384 e. The van der Waals surface area contributed by atoms with Crippen LogP contribution in [-0.4, -0.2) is 11.6 Å². The first-order valence-corrected chi connectivity index (χ1v) is 6.72. The van der Waals surface area contributed by atoms with Crippen LogP contribution in [0, 0.1) is 0 Å². The highest BCUT2D eigenvalue weighted by atomic mass is 15.0. The second-order valence-electron chi connectivity index (χ2n) is 6.39. The molecular formula is C16H24N2. The zero-order chi connectivity index (χ0) is 13.3. The zero-order valence-corrected chi connectivity index (χ0v) is 12.1. The van der Waals surface area contributed by atoms with Gasteiger partial charge in [-0.1, -0.05) is 12.1 Å². The highest BCUT2D eigenvalue weighted by Gasteiger charge is 2.19. The van der Waals surface area contributed by atoms with Crippen LogP contribution in [0.1, 0.15) is 45.7 Å². The summed E-state index contributed by atoms with van der Waals surface area (Å²) in [5, 5.41) is 7.11. The van der Waals surface area contributed by atoms with Crippen molar-refractivity contribution < 1.29 is 0 Å². The smallest absolute Gasteiger partial charge is 0.0384 e. The van der Waals surface area contributed by atoms with Crippen LogP contribution in [0.2, 0.25) is 0 Å². The van der Waals surface area contributed by atoms with Crippen LogP contribution in [0.15, 0.2) is 23.9 Å². The number of rotatable bonds is 3. The molecule has 1 aromatic rings. The lowest BCUT2D eigenvalue weighted by Crippen LogP contribution is -2.35. The summed E-state index contributed by atoms with van der Waals surface area (Å²) in [5.41, 5.74) is 5.46. The Bertz CT molecular complexity index is 464. The Hall–Kier alpha value is -1.44. The molecule has 1 aliphatic rings. The van der Waals surface area contributed by atoms with Crippen LogP contribution in [0.3, 0.4) is 0 Å². The Labute approximate surface area is 110 Å². The van der Waals surface area contributed by atoms with Gasteiger partial charge in [0.1, 0.15) is 0 Å².